The number of aromatic nitrogens is 1. The van der Waals surface area contributed by atoms with Crippen molar-refractivity contribution in [3.8, 4) is 0 Å². The maximum atomic E-state index is 14.0. The minimum atomic E-state index is -3.98. The normalized spacial score (nSPS) is 12.2. The molecule has 2 aromatic carbocycles. The van der Waals surface area contributed by atoms with Crippen molar-refractivity contribution >= 4 is 42.9 Å². The lowest BCUT2D eigenvalue weighted by atomic mass is 10.2. The van der Waals surface area contributed by atoms with Crippen LogP contribution in [0.25, 0.3) is 10.9 Å². The van der Waals surface area contributed by atoms with Gasteiger partial charge in [0, 0.05) is 5.39 Å². The number of halogens is 2. The van der Waals surface area contributed by atoms with Crippen LogP contribution < -0.4 is 5.32 Å². The first-order valence-corrected chi connectivity index (χ1v) is 11.0. The lowest BCUT2D eigenvalue weighted by Gasteiger charge is -2.20. The number of carbonyl (C=O) groups excluding carboxylic acids is 1. The zero-order valence-electron chi connectivity index (χ0n) is 16.1. The van der Waals surface area contributed by atoms with E-state index in [1.807, 2.05) is 0 Å². The number of alkyl carbamates (subject to hydrolysis) is 1. The van der Waals surface area contributed by atoms with Crippen LogP contribution in [0.3, 0.4) is 0 Å². The van der Waals surface area contributed by atoms with Crippen LogP contribution in [-0.4, -0.2) is 24.1 Å². The van der Waals surface area contributed by atoms with Gasteiger partial charge in [0.15, 0.2) is 0 Å². The maximum absolute atomic E-state index is 14.0. The van der Waals surface area contributed by atoms with Gasteiger partial charge in [0.1, 0.15) is 11.4 Å². The molecule has 6 nitrogen and oxygen atoms in total. The van der Waals surface area contributed by atoms with E-state index in [9.17, 15) is 17.6 Å². The molecule has 0 fully saturated rings. The van der Waals surface area contributed by atoms with Crippen LogP contribution in [0.15, 0.2) is 57.9 Å². The van der Waals surface area contributed by atoms with Crippen LogP contribution in [-0.2, 0) is 21.3 Å². The van der Waals surface area contributed by atoms with E-state index in [2.05, 4.69) is 21.2 Å². The van der Waals surface area contributed by atoms with Crippen molar-refractivity contribution < 1.29 is 22.3 Å². The Bertz CT molecular complexity index is 1170. The van der Waals surface area contributed by atoms with Gasteiger partial charge >= 0.3 is 6.09 Å². The molecule has 0 saturated heterocycles. The average molecular weight is 483 g/mol. The van der Waals surface area contributed by atoms with Gasteiger partial charge in [0.25, 0.3) is 10.0 Å². The molecule has 1 aromatic heterocycles. The molecule has 0 aliphatic heterocycles. The Kier molecular flexibility index (Phi) is 5.73. The molecule has 1 N–H and O–H groups in total. The van der Waals surface area contributed by atoms with Gasteiger partial charge in [0.2, 0.25) is 0 Å². The Balaban J connectivity index is 2.10. The summed E-state index contributed by atoms with van der Waals surface area (Å²) in [5.41, 5.74) is -0.128. The molecule has 0 bridgehead atoms. The fraction of sp³-hybridized carbons (Fsp3) is 0.250. The fourth-order valence-electron chi connectivity index (χ4n) is 2.82. The Morgan fingerprint density at radius 2 is 1.83 bits per heavy atom. The highest BCUT2D eigenvalue weighted by molar-refractivity contribution is 9.10. The number of carbonyl (C=O) groups is 1. The molecule has 1 heterocycles. The highest BCUT2D eigenvalue weighted by Gasteiger charge is 2.24. The Labute approximate surface area is 176 Å². The van der Waals surface area contributed by atoms with Gasteiger partial charge in [-0.25, -0.2) is 21.6 Å². The number of nitrogens with one attached hydrogen (secondary N) is 1. The Hall–Kier alpha value is -2.39. The second-order valence-corrected chi connectivity index (χ2v) is 10.0. The first-order valence-electron chi connectivity index (χ1n) is 8.76. The molecule has 3 aromatic rings. The zero-order chi connectivity index (χ0) is 21.4. The summed E-state index contributed by atoms with van der Waals surface area (Å²) in [7, 11) is -3.98. The SMILES string of the molecule is CC(C)(C)OC(=O)NCc1cc2cc(F)c(Br)cc2n1S(=O)(=O)c1ccccc1. The Morgan fingerprint density at radius 1 is 1.17 bits per heavy atom. The number of amides is 1. The van der Waals surface area contributed by atoms with Crippen LogP contribution in [0.2, 0.25) is 0 Å². The van der Waals surface area contributed by atoms with Crippen LogP contribution >= 0.6 is 15.9 Å². The summed E-state index contributed by atoms with van der Waals surface area (Å²) in [6.45, 7) is 5.06. The minimum absolute atomic E-state index is 0.0801. The predicted octanol–water partition coefficient (Wildman–Crippen LogP) is 4.80. The first-order chi connectivity index (χ1) is 13.5. The van der Waals surface area contributed by atoms with Gasteiger partial charge in [-0.05, 0) is 67.0 Å². The van der Waals surface area contributed by atoms with Gasteiger partial charge in [-0.2, -0.15) is 0 Å². The van der Waals surface area contributed by atoms with E-state index in [0.29, 0.717) is 10.9 Å². The molecule has 154 valence electrons. The topological polar surface area (TPSA) is 77.4 Å². The van der Waals surface area contributed by atoms with Crippen LogP contribution in [0, 0.1) is 5.82 Å². The first kappa shape index (κ1) is 21.3. The third-order valence-electron chi connectivity index (χ3n) is 3.97. The molecule has 0 spiro atoms. The van der Waals surface area contributed by atoms with Gasteiger partial charge in [-0.3, -0.25) is 0 Å². The van der Waals surface area contributed by atoms with Gasteiger partial charge in [0.05, 0.1) is 27.1 Å². The van der Waals surface area contributed by atoms with Crippen molar-refractivity contribution in [2.75, 3.05) is 0 Å². The fourth-order valence-corrected chi connectivity index (χ4v) is 4.70. The summed E-state index contributed by atoms with van der Waals surface area (Å²) >= 11 is 3.11. The average Bonchev–Trinajstić information content (AvgIpc) is 2.97. The number of nitrogens with zero attached hydrogens (tertiary/aromatic N) is 1. The summed E-state index contributed by atoms with van der Waals surface area (Å²) in [6.07, 6.45) is -0.682. The third kappa shape index (κ3) is 4.62. The molecular weight excluding hydrogens is 463 g/mol. The van der Waals surface area contributed by atoms with Gasteiger partial charge < -0.3 is 10.1 Å². The van der Waals surface area contributed by atoms with E-state index < -0.39 is 27.5 Å². The number of fused-ring (bicyclic) bond motifs is 1. The van der Waals surface area contributed by atoms with Crippen molar-refractivity contribution in [1.29, 1.82) is 0 Å². The molecular formula is C20H20BrFN2O4S. The molecule has 1 amide bonds. The van der Waals surface area contributed by atoms with E-state index in [0.717, 1.165) is 3.97 Å². The summed E-state index contributed by atoms with van der Waals surface area (Å²) in [5, 5.41) is 2.95. The minimum Gasteiger partial charge on any atom is -0.444 e. The molecule has 0 unspecified atom stereocenters. The van der Waals surface area contributed by atoms with Crippen molar-refractivity contribution in [3.05, 3.63) is 64.5 Å². The summed E-state index contributed by atoms with van der Waals surface area (Å²) in [4.78, 5) is 12.1. The van der Waals surface area contributed by atoms with Crippen LogP contribution in [0.4, 0.5) is 9.18 Å². The predicted molar refractivity (Wildman–Crippen MR) is 112 cm³/mol. The molecule has 0 aliphatic rings. The molecule has 9 heteroatoms. The summed E-state index contributed by atoms with van der Waals surface area (Å²) < 4.78 is 47.1. The number of hydrogen-bond acceptors (Lipinski definition) is 4. The summed E-state index contributed by atoms with van der Waals surface area (Å²) in [6, 6.07) is 12.1. The zero-order valence-corrected chi connectivity index (χ0v) is 18.5. The van der Waals surface area contributed by atoms with Crippen molar-refractivity contribution in [1.82, 2.24) is 9.29 Å². The largest absolute Gasteiger partial charge is 0.444 e. The summed E-state index contributed by atoms with van der Waals surface area (Å²) in [5.74, 6) is -0.515. The van der Waals surface area contributed by atoms with Crippen LogP contribution in [0.5, 0.6) is 0 Å². The maximum Gasteiger partial charge on any atom is 0.407 e. The molecule has 0 atom stereocenters. The monoisotopic (exact) mass is 482 g/mol. The van der Waals surface area contributed by atoms with Crippen molar-refractivity contribution in [2.45, 2.75) is 37.8 Å². The number of rotatable bonds is 4. The number of benzene rings is 2. The Morgan fingerprint density at radius 3 is 2.45 bits per heavy atom. The second kappa shape index (κ2) is 7.79. The highest BCUT2D eigenvalue weighted by Crippen LogP contribution is 2.30. The molecule has 0 saturated carbocycles. The molecule has 3 rings (SSSR count). The van der Waals surface area contributed by atoms with E-state index in [1.165, 1.54) is 30.3 Å². The smallest absolute Gasteiger partial charge is 0.407 e. The van der Waals surface area contributed by atoms with E-state index >= 15 is 0 Å². The molecule has 0 radical (unpaired) electrons. The lowest BCUT2D eigenvalue weighted by Crippen LogP contribution is -2.33. The van der Waals surface area contributed by atoms with Crippen LogP contribution in [0.1, 0.15) is 26.5 Å². The quantitative estimate of drug-likeness (QED) is 0.578. The third-order valence-corrected chi connectivity index (χ3v) is 6.35. The highest BCUT2D eigenvalue weighted by atomic mass is 79.9. The van der Waals surface area contributed by atoms with Crippen molar-refractivity contribution in [2.24, 2.45) is 0 Å². The van der Waals surface area contributed by atoms with Gasteiger partial charge in [-0.1, -0.05) is 18.2 Å². The van der Waals surface area contributed by atoms with Crippen molar-refractivity contribution in [3.63, 3.8) is 0 Å². The lowest BCUT2D eigenvalue weighted by molar-refractivity contribution is 0.0522. The van der Waals surface area contributed by atoms with E-state index in [1.54, 1.807) is 39.0 Å². The standard InChI is InChI=1S/C20H20BrFN2O4S/c1-20(2,3)28-19(25)23-12-14-9-13-10-17(22)16(21)11-18(13)24(14)29(26,27)15-7-5-4-6-8-15/h4-11H,12H2,1-3H3,(H,23,25). The van der Waals surface area contributed by atoms with Gasteiger partial charge in [-0.15, -0.1) is 0 Å². The molecule has 0 aliphatic carbocycles. The van der Waals surface area contributed by atoms with E-state index in [-0.39, 0.29) is 21.6 Å². The number of hydrogen-bond donors (Lipinski definition) is 1. The molecule has 29 heavy (non-hydrogen) atoms. The second-order valence-electron chi connectivity index (χ2n) is 7.40. The number of ether oxygens (including phenoxy) is 1. The van der Waals surface area contributed by atoms with E-state index in [4.69, 9.17) is 4.74 Å².